The van der Waals surface area contributed by atoms with Gasteiger partial charge < -0.3 is 9.73 Å². The third-order valence-corrected chi connectivity index (χ3v) is 4.03. The third kappa shape index (κ3) is 3.13. The first-order chi connectivity index (χ1) is 8.99. The molecule has 0 aliphatic rings. The molecule has 8 heteroatoms. The molecule has 0 aliphatic carbocycles. The van der Waals surface area contributed by atoms with Gasteiger partial charge in [0, 0.05) is 6.07 Å². The Kier molecular flexibility index (Phi) is 4.20. The Morgan fingerprint density at radius 2 is 2.16 bits per heavy atom. The fraction of sp³-hybridized carbons (Fsp3) is 0.0909. The predicted molar refractivity (Wildman–Crippen MR) is 74.5 cm³/mol. The normalized spacial score (nSPS) is 10.5. The van der Waals surface area contributed by atoms with Crippen molar-refractivity contribution in [1.29, 1.82) is 0 Å². The third-order valence-electron chi connectivity index (χ3n) is 2.32. The Bertz CT molecular complexity index is 611. The minimum absolute atomic E-state index is 0.131. The van der Waals surface area contributed by atoms with E-state index in [0.29, 0.717) is 14.9 Å². The SMILES string of the molecule is O=[N+]([O-])c1cccc(F)c1NCc1cc(Br)c(Br)o1. The van der Waals surface area contributed by atoms with E-state index in [0.717, 1.165) is 6.07 Å². The highest BCUT2D eigenvalue weighted by Crippen LogP contribution is 2.30. The summed E-state index contributed by atoms with van der Waals surface area (Å²) in [5.41, 5.74) is -0.471. The summed E-state index contributed by atoms with van der Waals surface area (Å²) in [4.78, 5) is 10.2. The van der Waals surface area contributed by atoms with Crippen LogP contribution in [0, 0.1) is 15.9 Å². The van der Waals surface area contributed by atoms with E-state index < -0.39 is 10.7 Å². The number of hydrogen-bond donors (Lipinski definition) is 1. The molecule has 0 spiro atoms. The number of para-hydroxylation sites is 1. The van der Waals surface area contributed by atoms with E-state index in [1.54, 1.807) is 6.07 Å². The van der Waals surface area contributed by atoms with Crippen LogP contribution in [0.2, 0.25) is 0 Å². The van der Waals surface area contributed by atoms with Crippen LogP contribution in [0.3, 0.4) is 0 Å². The molecular formula is C11H7Br2FN2O3. The van der Waals surface area contributed by atoms with Crippen molar-refractivity contribution in [3.63, 3.8) is 0 Å². The van der Waals surface area contributed by atoms with Crippen LogP contribution in [0.5, 0.6) is 0 Å². The van der Waals surface area contributed by atoms with E-state index in [-0.39, 0.29) is 17.9 Å². The van der Waals surface area contributed by atoms with E-state index in [9.17, 15) is 14.5 Å². The van der Waals surface area contributed by atoms with E-state index in [2.05, 4.69) is 37.2 Å². The highest BCUT2D eigenvalue weighted by Gasteiger charge is 2.18. The molecule has 0 saturated carbocycles. The lowest BCUT2D eigenvalue weighted by atomic mass is 10.2. The van der Waals surface area contributed by atoms with Crippen molar-refractivity contribution in [3.05, 3.63) is 55.1 Å². The number of nitrogens with zero attached hydrogens (tertiary/aromatic N) is 1. The molecule has 0 aliphatic heterocycles. The average molecular weight is 394 g/mol. The van der Waals surface area contributed by atoms with Gasteiger partial charge in [-0.2, -0.15) is 0 Å². The maximum absolute atomic E-state index is 13.6. The highest BCUT2D eigenvalue weighted by molar-refractivity contribution is 9.13. The topological polar surface area (TPSA) is 68.3 Å². The number of hydrogen-bond acceptors (Lipinski definition) is 4. The molecule has 100 valence electrons. The lowest BCUT2D eigenvalue weighted by molar-refractivity contribution is -0.384. The first-order valence-electron chi connectivity index (χ1n) is 5.09. The van der Waals surface area contributed by atoms with Gasteiger partial charge in [-0.3, -0.25) is 10.1 Å². The predicted octanol–water partition coefficient (Wildman–Crippen LogP) is 4.46. The van der Waals surface area contributed by atoms with Gasteiger partial charge in [-0.05, 0) is 44.0 Å². The van der Waals surface area contributed by atoms with Gasteiger partial charge in [0.25, 0.3) is 5.69 Å². The zero-order valence-corrected chi connectivity index (χ0v) is 12.5. The molecule has 0 radical (unpaired) electrons. The van der Waals surface area contributed by atoms with Gasteiger partial charge in [-0.1, -0.05) is 6.07 Å². The Balaban J connectivity index is 2.21. The van der Waals surface area contributed by atoms with Crippen LogP contribution in [-0.4, -0.2) is 4.92 Å². The molecule has 0 atom stereocenters. The Hall–Kier alpha value is -1.41. The van der Waals surface area contributed by atoms with Gasteiger partial charge in [0.15, 0.2) is 10.5 Å². The van der Waals surface area contributed by atoms with Gasteiger partial charge in [0.1, 0.15) is 11.4 Å². The number of nitro benzene ring substituents is 1. The molecule has 5 nitrogen and oxygen atoms in total. The standard InChI is InChI=1S/C11H7Br2FN2O3/c12-7-4-6(19-11(7)13)5-15-10-8(14)2-1-3-9(10)16(17)18/h1-4,15H,5H2. The molecule has 1 heterocycles. The van der Waals surface area contributed by atoms with Crippen LogP contribution in [0.15, 0.2) is 37.8 Å². The maximum Gasteiger partial charge on any atom is 0.295 e. The first kappa shape index (κ1) is 14.0. The van der Waals surface area contributed by atoms with E-state index in [4.69, 9.17) is 4.42 Å². The number of benzene rings is 1. The van der Waals surface area contributed by atoms with Gasteiger partial charge in [0.2, 0.25) is 0 Å². The van der Waals surface area contributed by atoms with E-state index in [1.165, 1.54) is 12.1 Å². The smallest absolute Gasteiger partial charge is 0.295 e. The highest BCUT2D eigenvalue weighted by atomic mass is 79.9. The summed E-state index contributed by atoms with van der Waals surface area (Å²) in [6, 6.07) is 5.37. The number of nitro groups is 1. The quantitative estimate of drug-likeness (QED) is 0.614. The summed E-state index contributed by atoms with van der Waals surface area (Å²) in [6.45, 7) is 0.131. The Morgan fingerprint density at radius 3 is 2.74 bits per heavy atom. The van der Waals surface area contributed by atoms with E-state index in [1.807, 2.05) is 0 Å². The Morgan fingerprint density at radius 1 is 1.42 bits per heavy atom. The lowest BCUT2D eigenvalue weighted by Crippen LogP contribution is -2.04. The maximum atomic E-state index is 13.6. The summed E-state index contributed by atoms with van der Waals surface area (Å²) in [6.07, 6.45) is 0. The average Bonchev–Trinajstić information content (AvgIpc) is 2.67. The van der Waals surface area contributed by atoms with Crippen molar-refractivity contribution in [2.45, 2.75) is 6.54 Å². The Labute approximate surface area is 124 Å². The van der Waals surface area contributed by atoms with Crippen molar-refractivity contribution in [1.82, 2.24) is 0 Å². The molecule has 1 N–H and O–H groups in total. The molecule has 1 aromatic carbocycles. The van der Waals surface area contributed by atoms with Gasteiger partial charge >= 0.3 is 0 Å². The number of halogens is 3. The molecule has 1 aromatic heterocycles. The minimum Gasteiger partial charge on any atom is -0.451 e. The van der Waals surface area contributed by atoms with Crippen molar-refractivity contribution in [2.24, 2.45) is 0 Å². The monoisotopic (exact) mass is 392 g/mol. The molecular weight excluding hydrogens is 387 g/mol. The number of nitrogens with one attached hydrogen (secondary N) is 1. The van der Waals surface area contributed by atoms with Crippen LogP contribution in [0.1, 0.15) is 5.76 Å². The van der Waals surface area contributed by atoms with Crippen LogP contribution < -0.4 is 5.32 Å². The molecule has 2 aromatic rings. The van der Waals surface area contributed by atoms with Crippen molar-refractivity contribution in [2.75, 3.05) is 5.32 Å². The summed E-state index contributed by atoms with van der Waals surface area (Å²) in [7, 11) is 0. The fourth-order valence-electron chi connectivity index (χ4n) is 1.49. The molecule has 0 saturated heterocycles. The summed E-state index contributed by atoms with van der Waals surface area (Å²) in [5, 5.41) is 13.5. The molecule has 0 fully saturated rings. The van der Waals surface area contributed by atoms with Crippen LogP contribution in [0.4, 0.5) is 15.8 Å². The zero-order valence-electron chi connectivity index (χ0n) is 9.32. The van der Waals surface area contributed by atoms with Crippen LogP contribution in [0.25, 0.3) is 0 Å². The summed E-state index contributed by atoms with van der Waals surface area (Å²) < 4.78 is 20.1. The largest absolute Gasteiger partial charge is 0.451 e. The summed E-state index contributed by atoms with van der Waals surface area (Å²) >= 11 is 6.41. The molecule has 19 heavy (non-hydrogen) atoms. The second-order valence-electron chi connectivity index (χ2n) is 3.58. The second kappa shape index (κ2) is 5.70. The lowest BCUT2D eigenvalue weighted by Gasteiger charge is -2.06. The molecule has 2 rings (SSSR count). The van der Waals surface area contributed by atoms with Crippen LogP contribution in [-0.2, 0) is 6.54 Å². The first-order valence-corrected chi connectivity index (χ1v) is 6.68. The van der Waals surface area contributed by atoms with Crippen molar-refractivity contribution in [3.8, 4) is 0 Å². The number of anilines is 1. The van der Waals surface area contributed by atoms with Crippen LogP contribution >= 0.6 is 31.9 Å². The molecule has 0 bridgehead atoms. The van der Waals surface area contributed by atoms with Gasteiger partial charge in [0.05, 0.1) is 15.9 Å². The number of furan rings is 1. The molecule has 0 unspecified atom stereocenters. The van der Waals surface area contributed by atoms with Gasteiger partial charge in [-0.25, -0.2) is 4.39 Å². The number of rotatable bonds is 4. The fourth-order valence-corrected chi connectivity index (χ4v) is 2.15. The molecule has 0 amide bonds. The second-order valence-corrected chi connectivity index (χ2v) is 5.15. The minimum atomic E-state index is -0.682. The van der Waals surface area contributed by atoms with Gasteiger partial charge in [-0.15, -0.1) is 0 Å². The zero-order chi connectivity index (χ0) is 14.0. The van der Waals surface area contributed by atoms with E-state index >= 15 is 0 Å². The van der Waals surface area contributed by atoms with Crippen molar-refractivity contribution < 1.29 is 13.7 Å². The van der Waals surface area contributed by atoms with Crippen molar-refractivity contribution >= 4 is 43.2 Å². The summed E-state index contributed by atoms with van der Waals surface area (Å²) in [5.74, 6) is -0.171.